The molecule has 0 saturated carbocycles. The molecule has 0 aliphatic carbocycles. The standard InChI is InChI=1S/C20H23ClN2O2/c1-2-25-20(24)16-5-9-18(10-6-16)23-12-11-22-14-19(23)13-15-3-7-17(21)8-4-15/h3-10,19,22H,2,11-14H2,1H3. The number of hydrogen-bond acceptors (Lipinski definition) is 4. The van der Waals surface area contributed by atoms with E-state index in [-0.39, 0.29) is 5.97 Å². The Bertz CT molecular complexity index is 701. The van der Waals surface area contributed by atoms with E-state index in [1.165, 1.54) is 5.56 Å². The minimum Gasteiger partial charge on any atom is -0.462 e. The van der Waals surface area contributed by atoms with Crippen molar-refractivity contribution in [2.45, 2.75) is 19.4 Å². The summed E-state index contributed by atoms with van der Waals surface area (Å²) in [5.41, 5.74) is 3.00. The zero-order chi connectivity index (χ0) is 17.6. The van der Waals surface area contributed by atoms with E-state index in [0.717, 1.165) is 36.8 Å². The quantitative estimate of drug-likeness (QED) is 0.830. The summed E-state index contributed by atoms with van der Waals surface area (Å²) in [6.45, 7) is 5.03. The highest BCUT2D eigenvalue weighted by Crippen LogP contribution is 2.22. The van der Waals surface area contributed by atoms with Crippen molar-refractivity contribution in [3.63, 3.8) is 0 Å². The average Bonchev–Trinajstić information content (AvgIpc) is 2.64. The summed E-state index contributed by atoms with van der Waals surface area (Å²) in [4.78, 5) is 14.2. The van der Waals surface area contributed by atoms with Gasteiger partial charge in [0, 0.05) is 36.4 Å². The molecule has 1 heterocycles. The van der Waals surface area contributed by atoms with Gasteiger partial charge in [-0.1, -0.05) is 23.7 Å². The van der Waals surface area contributed by atoms with Crippen LogP contribution in [0.15, 0.2) is 48.5 Å². The molecule has 0 amide bonds. The molecule has 25 heavy (non-hydrogen) atoms. The van der Waals surface area contributed by atoms with Crippen molar-refractivity contribution in [2.24, 2.45) is 0 Å². The highest BCUT2D eigenvalue weighted by atomic mass is 35.5. The highest BCUT2D eigenvalue weighted by Gasteiger charge is 2.23. The molecule has 1 N–H and O–H groups in total. The topological polar surface area (TPSA) is 41.6 Å². The lowest BCUT2D eigenvalue weighted by atomic mass is 10.0. The van der Waals surface area contributed by atoms with Crippen LogP contribution < -0.4 is 10.2 Å². The number of benzene rings is 2. The van der Waals surface area contributed by atoms with Crippen molar-refractivity contribution < 1.29 is 9.53 Å². The molecule has 0 bridgehead atoms. The van der Waals surface area contributed by atoms with Gasteiger partial charge in [0.05, 0.1) is 12.2 Å². The number of anilines is 1. The van der Waals surface area contributed by atoms with Crippen molar-refractivity contribution in [3.05, 3.63) is 64.7 Å². The van der Waals surface area contributed by atoms with E-state index in [1.807, 2.05) is 43.3 Å². The smallest absolute Gasteiger partial charge is 0.338 e. The van der Waals surface area contributed by atoms with Crippen molar-refractivity contribution in [3.8, 4) is 0 Å². The van der Waals surface area contributed by atoms with E-state index in [4.69, 9.17) is 16.3 Å². The SMILES string of the molecule is CCOC(=O)c1ccc(N2CCNCC2Cc2ccc(Cl)cc2)cc1. The van der Waals surface area contributed by atoms with Crippen LogP contribution in [0, 0.1) is 0 Å². The number of carbonyl (C=O) groups is 1. The van der Waals surface area contributed by atoms with Crippen molar-refractivity contribution >= 4 is 23.3 Å². The van der Waals surface area contributed by atoms with Crippen LogP contribution in [0.5, 0.6) is 0 Å². The molecule has 1 unspecified atom stereocenters. The third kappa shape index (κ3) is 4.53. The van der Waals surface area contributed by atoms with Crippen LogP contribution >= 0.6 is 11.6 Å². The Morgan fingerprint density at radius 2 is 1.92 bits per heavy atom. The molecule has 4 nitrogen and oxygen atoms in total. The Kier molecular flexibility index (Phi) is 5.95. The number of ether oxygens (including phenoxy) is 1. The first kappa shape index (κ1) is 17.8. The monoisotopic (exact) mass is 358 g/mol. The summed E-state index contributed by atoms with van der Waals surface area (Å²) < 4.78 is 5.05. The van der Waals surface area contributed by atoms with Gasteiger partial charge < -0.3 is 15.0 Å². The van der Waals surface area contributed by atoms with Gasteiger partial charge in [-0.15, -0.1) is 0 Å². The zero-order valence-corrected chi connectivity index (χ0v) is 15.1. The van der Waals surface area contributed by atoms with E-state index >= 15 is 0 Å². The second-order valence-electron chi connectivity index (χ2n) is 6.15. The number of hydrogen-bond donors (Lipinski definition) is 1. The molecular formula is C20H23ClN2O2. The van der Waals surface area contributed by atoms with Gasteiger partial charge in [-0.2, -0.15) is 0 Å². The number of piperazine rings is 1. The van der Waals surface area contributed by atoms with Gasteiger partial charge in [0.15, 0.2) is 0 Å². The number of esters is 1. The van der Waals surface area contributed by atoms with Crippen LogP contribution in [-0.2, 0) is 11.2 Å². The van der Waals surface area contributed by atoms with Crippen LogP contribution in [-0.4, -0.2) is 38.3 Å². The Balaban J connectivity index is 1.74. The normalized spacial score (nSPS) is 17.4. The molecule has 1 fully saturated rings. The summed E-state index contributed by atoms with van der Waals surface area (Å²) >= 11 is 5.98. The average molecular weight is 359 g/mol. The predicted molar refractivity (Wildman–Crippen MR) is 102 cm³/mol. The van der Waals surface area contributed by atoms with Gasteiger partial charge in [0.1, 0.15) is 0 Å². The minimum atomic E-state index is -0.271. The predicted octanol–water partition coefficient (Wildman–Crippen LogP) is 3.54. The maximum atomic E-state index is 11.8. The van der Waals surface area contributed by atoms with Crippen LogP contribution in [0.25, 0.3) is 0 Å². The van der Waals surface area contributed by atoms with Crippen molar-refractivity contribution in [1.82, 2.24) is 5.32 Å². The third-order valence-electron chi connectivity index (χ3n) is 4.44. The summed E-state index contributed by atoms with van der Waals surface area (Å²) in [5, 5.41) is 4.23. The molecular weight excluding hydrogens is 336 g/mol. The number of nitrogens with one attached hydrogen (secondary N) is 1. The van der Waals surface area contributed by atoms with Gasteiger partial charge >= 0.3 is 5.97 Å². The van der Waals surface area contributed by atoms with E-state index in [9.17, 15) is 4.79 Å². The summed E-state index contributed by atoms with van der Waals surface area (Å²) in [6, 6.07) is 16.1. The molecule has 0 aromatic heterocycles. The van der Waals surface area contributed by atoms with E-state index in [2.05, 4.69) is 22.3 Å². The molecule has 0 radical (unpaired) electrons. The van der Waals surface area contributed by atoms with E-state index in [1.54, 1.807) is 0 Å². The van der Waals surface area contributed by atoms with Gasteiger partial charge in [0.2, 0.25) is 0 Å². The second-order valence-corrected chi connectivity index (χ2v) is 6.59. The number of rotatable bonds is 5. The second kappa shape index (κ2) is 8.37. The lowest BCUT2D eigenvalue weighted by molar-refractivity contribution is 0.0526. The first-order valence-corrected chi connectivity index (χ1v) is 9.04. The Morgan fingerprint density at radius 1 is 1.20 bits per heavy atom. The molecule has 132 valence electrons. The van der Waals surface area contributed by atoms with Gasteiger partial charge in [0.25, 0.3) is 0 Å². The highest BCUT2D eigenvalue weighted by molar-refractivity contribution is 6.30. The number of nitrogens with zero attached hydrogens (tertiary/aromatic N) is 1. The van der Waals surface area contributed by atoms with Gasteiger partial charge in [-0.3, -0.25) is 0 Å². The van der Waals surface area contributed by atoms with Gasteiger partial charge in [-0.05, 0) is 55.3 Å². The molecule has 3 rings (SSSR count). The summed E-state index contributed by atoms with van der Waals surface area (Å²) in [5.74, 6) is -0.271. The number of carbonyl (C=O) groups excluding carboxylic acids is 1. The summed E-state index contributed by atoms with van der Waals surface area (Å²) in [7, 11) is 0. The molecule has 5 heteroatoms. The van der Waals surface area contributed by atoms with Crippen LogP contribution in [0.2, 0.25) is 5.02 Å². The van der Waals surface area contributed by atoms with Crippen LogP contribution in [0.4, 0.5) is 5.69 Å². The number of halogens is 1. The van der Waals surface area contributed by atoms with Crippen molar-refractivity contribution in [2.75, 3.05) is 31.1 Å². The lowest BCUT2D eigenvalue weighted by Crippen LogP contribution is -2.52. The summed E-state index contributed by atoms with van der Waals surface area (Å²) in [6.07, 6.45) is 0.948. The molecule has 1 saturated heterocycles. The lowest BCUT2D eigenvalue weighted by Gasteiger charge is -2.38. The van der Waals surface area contributed by atoms with Crippen LogP contribution in [0.3, 0.4) is 0 Å². The van der Waals surface area contributed by atoms with Crippen molar-refractivity contribution in [1.29, 1.82) is 0 Å². The molecule has 1 atom stereocenters. The molecule has 1 aliphatic rings. The Morgan fingerprint density at radius 3 is 2.60 bits per heavy atom. The Hall–Kier alpha value is -2.04. The Labute approximate surface area is 153 Å². The minimum absolute atomic E-state index is 0.271. The maximum absolute atomic E-state index is 11.8. The largest absolute Gasteiger partial charge is 0.462 e. The maximum Gasteiger partial charge on any atom is 0.338 e. The van der Waals surface area contributed by atoms with Gasteiger partial charge in [-0.25, -0.2) is 4.79 Å². The fourth-order valence-electron chi connectivity index (χ4n) is 3.18. The molecule has 0 spiro atoms. The first-order valence-electron chi connectivity index (χ1n) is 8.66. The fourth-order valence-corrected chi connectivity index (χ4v) is 3.31. The van der Waals surface area contributed by atoms with E-state index < -0.39 is 0 Å². The zero-order valence-electron chi connectivity index (χ0n) is 14.4. The first-order chi connectivity index (χ1) is 12.2. The fraction of sp³-hybridized carbons (Fsp3) is 0.350. The third-order valence-corrected chi connectivity index (χ3v) is 4.70. The molecule has 2 aromatic carbocycles. The van der Waals surface area contributed by atoms with E-state index in [0.29, 0.717) is 18.2 Å². The molecule has 2 aromatic rings. The molecule has 1 aliphatic heterocycles. The van der Waals surface area contributed by atoms with Crippen LogP contribution in [0.1, 0.15) is 22.8 Å².